The van der Waals surface area contributed by atoms with Crippen molar-refractivity contribution in [2.75, 3.05) is 26.7 Å². The summed E-state index contributed by atoms with van der Waals surface area (Å²) in [7, 11) is -1.56. The summed E-state index contributed by atoms with van der Waals surface area (Å²) in [6, 6.07) is 3.24. The molecule has 2 aliphatic heterocycles. The Labute approximate surface area is 143 Å². The van der Waals surface area contributed by atoms with Crippen molar-refractivity contribution in [3.63, 3.8) is 0 Å². The van der Waals surface area contributed by atoms with Gasteiger partial charge in [-0.3, -0.25) is 0 Å². The van der Waals surface area contributed by atoms with Gasteiger partial charge in [-0.2, -0.15) is 4.31 Å². The number of nitrogens with zero attached hydrogens (tertiary/aromatic N) is 1. The third-order valence-corrected chi connectivity index (χ3v) is 6.78. The minimum atomic E-state index is -3.49. The SMILES string of the molecule is CNCC1CCN(S(=O)(=O)c2cc(Cl)c3c(c2)CC(C)O3)CC1. The standard InChI is InChI=1S/C16H23ClN2O3S/c1-11-7-13-8-14(9-15(17)16(13)22-11)23(20,21)19-5-3-12(4-6-19)10-18-2/h8-9,11-12,18H,3-7,10H2,1-2H3. The third kappa shape index (κ3) is 3.36. The summed E-state index contributed by atoms with van der Waals surface area (Å²) in [6.45, 7) is 4.03. The molecule has 1 atom stereocenters. The summed E-state index contributed by atoms with van der Waals surface area (Å²) < 4.78 is 33.0. The Hall–Kier alpha value is -0.820. The molecule has 1 fully saturated rings. The normalized spacial score (nSPS) is 22.8. The molecule has 1 aromatic carbocycles. The van der Waals surface area contributed by atoms with E-state index in [1.165, 1.54) is 6.07 Å². The lowest BCUT2D eigenvalue weighted by Gasteiger charge is -2.31. The predicted molar refractivity (Wildman–Crippen MR) is 90.7 cm³/mol. The van der Waals surface area contributed by atoms with Crippen LogP contribution >= 0.6 is 11.6 Å². The number of nitrogens with one attached hydrogen (secondary N) is 1. The van der Waals surface area contributed by atoms with E-state index in [1.807, 2.05) is 14.0 Å². The average Bonchev–Trinajstić information content (AvgIpc) is 2.89. The molecule has 0 spiro atoms. The lowest BCUT2D eigenvalue weighted by molar-refractivity contribution is 0.255. The summed E-state index contributed by atoms with van der Waals surface area (Å²) in [6.07, 6.45) is 2.51. The minimum absolute atomic E-state index is 0.0396. The van der Waals surface area contributed by atoms with Gasteiger partial charge in [0.1, 0.15) is 11.9 Å². The molecule has 1 N–H and O–H groups in total. The Morgan fingerprint density at radius 3 is 2.70 bits per heavy atom. The maximum atomic E-state index is 12.9. The first-order chi connectivity index (χ1) is 10.9. The van der Waals surface area contributed by atoms with Crippen LogP contribution in [-0.2, 0) is 16.4 Å². The molecule has 0 aromatic heterocycles. The Balaban J connectivity index is 1.81. The zero-order valence-corrected chi connectivity index (χ0v) is 15.1. The van der Waals surface area contributed by atoms with E-state index in [4.69, 9.17) is 16.3 Å². The van der Waals surface area contributed by atoms with Crippen LogP contribution in [0.5, 0.6) is 5.75 Å². The van der Waals surface area contributed by atoms with Gasteiger partial charge < -0.3 is 10.1 Å². The molecule has 128 valence electrons. The van der Waals surface area contributed by atoms with Crippen LogP contribution in [0, 0.1) is 5.92 Å². The molecule has 7 heteroatoms. The number of halogens is 1. The van der Waals surface area contributed by atoms with Gasteiger partial charge in [-0.15, -0.1) is 0 Å². The summed E-state index contributed by atoms with van der Waals surface area (Å²) >= 11 is 6.23. The monoisotopic (exact) mass is 358 g/mol. The number of piperidine rings is 1. The van der Waals surface area contributed by atoms with Gasteiger partial charge in [0, 0.05) is 25.1 Å². The van der Waals surface area contributed by atoms with Crippen LogP contribution in [0.1, 0.15) is 25.3 Å². The molecule has 3 rings (SSSR count). The van der Waals surface area contributed by atoms with Gasteiger partial charge in [-0.25, -0.2) is 8.42 Å². The van der Waals surface area contributed by atoms with E-state index >= 15 is 0 Å². The highest BCUT2D eigenvalue weighted by Gasteiger charge is 2.32. The number of benzene rings is 1. The van der Waals surface area contributed by atoms with Gasteiger partial charge in [0.25, 0.3) is 0 Å². The molecule has 0 amide bonds. The summed E-state index contributed by atoms with van der Waals surface area (Å²) in [5.74, 6) is 1.18. The highest BCUT2D eigenvalue weighted by atomic mass is 35.5. The molecular weight excluding hydrogens is 336 g/mol. The molecule has 0 aliphatic carbocycles. The van der Waals surface area contributed by atoms with Crippen molar-refractivity contribution in [3.05, 3.63) is 22.7 Å². The van der Waals surface area contributed by atoms with Gasteiger partial charge >= 0.3 is 0 Å². The van der Waals surface area contributed by atoms with E-state index in [1.54, 1.807) is 10.4 Å². The third-order valence-electron chi connectivity index (χ3n) is 4.62. The first kappa shape index (κ1) is 17.0. The number of hydrogen-bond donors (Lipinski definition) is 1. The summed E-state index contributed by atoms with van der Waals surface area (Å²) in [4.78, 5) is 0.283. The van der Waals surface area contributed by atoms with Crippen molar-refractivity contribution in [2.45, 2.75) is 37.2 Å². The van der Waals surface area contributed by atoms with Crippen molar-refractivity contribution in [1.82, 2.24) is 9.62 Å². The second-order valence-corrected chi connectivity index (χ2v) is 8.78. The Morgan fingerprint density at radius 1 is 1.35 bits per heavy atom. The quantitative estimate of drug-likeness (QED) is 0.897. The summed E-state index contributed by atoms with van der Waals surface area (Å²) in [5.41, 5.74) is 0.883. The fourth-order valence-corrected chi connectivity index (χ4v) is 5.30. The van der Waals surface area contributed by atoms with Crippen LogP contribution in [0.3, 0.4) is 0 Å². The predicted octanol–water partition coefficient (Wildman–Crippen LogP) is 2.28. The Bertz CT molecular complexity index is 685. The van der Waals surface area contributed by atoms with Crippen LogP contribution in [0.25, 0.3) is 0 Å². The van der Waals surface area contributed by atoms with E-state index < -0.39 is 10.0 Å². The fraction of sp³-hybridized carbons (Fsp3) is 0.625. The van der Waals surface area contributed by atoms with E-state index in [0.29, 0.717) is 36.2 Å². The molecule has 23 heavy (non-hydrogen) atoms. The average molecular weight is 359 g/mol. The van der Waals surface area contributed by atoms with Crippen LogP contribution in [0.15, 0.2) is 17.0 Å². The van der Waals surface area contributed by atoms with Crippen LogP contribution < -0.4 is 10.1 Å². The summed E-state index contributed by atoms with van der Waals surface area (Å²) in [5, 5.41) is 3.55. The molecule has 1 saturated heterocycles. The zero-order chi connectivity index (χ0) is 16.6. The number of ether oxygens (including phenoxy) is 1. The maximum absolute atomic E-state index is 12.9. The lowest BCUT2D eigenvalue weighted by Crippen LogP contribution is -2.40. The number of fused-ring (bicyclic) bond motifs is 1. The van der Waals surface area contributed by atoms with Gasteiger partial charge in [-0.1, -0.05) is 11.6 Å². The molecule has 1 unspecified atom stereocenters. The van der Waals surface area contributed by atoms with Crippen molar-refractivity contribution in [2.24, 2.45) is 5.92 Å². The van der Waals surface area contributed by atoms with E-state index in [0.717, 1.165) is 24.9 Å². The number of hydrogen-bond acceptors (Lipinski definition) is 4. The van der Waals surface area contributed by atoms with Gasteiger partial charge in [-0.05, 0) is 51.4 Å². The molecular formula is C16H23ClN2O3S. The van der Waals surface area contributed by atoms with Gasteiger partial charge in [0.05, 0.1) is 9.92 Å². The van der Waals surface area contributed by atoms with E-state index in [2.05, 4.69) is 5.32 Å². The molecule has 5 nitrogen and oxygen atoms in total. The smallest absolute Gasteiger partial charge is 0.243 e. The Morgan fingerprint density at radius 2 is 2.04 bits per heavy atom. The molecule has 2 aliphatic rings. The van der Waals surface area contributed by atoms with Crippen molar-refractivity contribution >= 4 is 21.6 Å². The number of sulfonamides is 1. The Kier molecular flexibility index (Phi) is 4.88. The minimum Gasteiger partial charge on any atom is -0.489 e. The lowest BCUT2D eigenvalue weighted by atomic mass is 9.98. The zero-order valence-electron chi connectivity index (χ0n) is 13.5. The highest BCUT2D eigenvalue weighted by molar-refractivity contribution is 7.89. The first-order valence-corrected chi connectivity index (χ1v) is 9.87. The van der Waals surface area contributed by atoms with Crippen molar-refractivity contribution in [3.8, 4) is 5.75 Å². The first-order valence-electron chi connectivity index (χ1n) is 8.05. The highest BCUT2D eigenvalue weighted by Crippen LogP contribution is 2.38. The molecule has 1 aromatic rings. The van der Waals surface area contributed by atoms with Gasteiger partial charge in [0.15, 0.2) is 0 Å². The maximum Gasteiger partial charge on any atom is 0.243 e. The second-order valence-electron chi connectivity index (χ2n) is 6.43. The largest absolute Gasteiger partial charge is 0.489 e. The topological polar surface area (TPSA) is 58.6 Å². The van der Waals surface area contributed by atoms with Crippen molar-refractivity contribution < 1.29 is 13.2 Å². The second kappa shape index (κ2) is 6.59. The van der Waals surface area contributed by atoms with Crippen LogP contribution in [0.2, 0.25) is 5.02 Å². The van der Waals surface area contributed by atoms with Crippen molar-refractivity contribution in [1.29, 1.82) is 0 Å². The van der Waals surface area contributed by atoms with E-state index in [-0.39, 0.29) is 11.0 Å². The van der Waals surface area contributed by atoms with Gasteiger partial charge in [0.2, 0.25) is 10.0 Å². The van der Waals surface area contributed by atoms with Crippen LogP contribution in [0.4, 0.5) is 0 Å². The molecule has 0 saturated carbocycles. The molecule has 0 bridgehead atoms. The molecule has 2 heterocycles. The molecule has 0 radical (unpaired) electrons. The van der Waals surface area contributed by atoms with E-state index in [9.17, 15) is 8.42 Å². The van der Waals surface area contributed by atoms with Crippen LogP contribution in [-0.4, -0.2) is 45.5 Å². The number of rotatable bonds is 4. The fourth-order valence-electron chi connectivity index (χ4n) is 3.40.